The Hall–Kier alpha value is -3.09. The summed E-state index contributed by atoms with van der Waals surface area (Å²) < 4.78 is 41.1. The molecule has 0 aliphatic carbocycles. The van der Waals surface area contributed by atoms with E-state index in [0.29, 0.717) is 17.9 Å². The highest BCUT2D eigenvalue weighted by Crippen LogP contribution is 2.34. The Kier molecular flexibility index (Phi) is 5.03. The van der Waals surface area contributed by atoms with E-state index >= 15 is 0 Å². The summed E-state index contributed by atoms with van der Waals surface area (Å²) in [4.78, 5) is 14.5. The molecule has 3 rings (SSSR count). The van der Waals surface area contributed by atoms with E-state index in [1.54, 1.807) is 24.0 Å². The van der Waals surface area contributed by atoms with Gasteiger partial charge < -0.3 is 4.90 Å². The molecule has 0 saturated carbocycles. The average Bonchev–Trinajstić information content (AvgIpc) is 3.04. The van der Waals surface area contributed by atoms with Gasteiger partial charge >= 0.3 is 6.18 Å². The van der Waals surface area contributed by atoms with E-state index in [1.165, 1.54) is 24.4 Å². The number of amides is 1. The van der Waals surface area contributed by atoms with E-state index in [4.69, 9.17) is 0 Å². The van der Waals surface area contributed by atoms with Crippen LogP contribution in [0.2, 0.25) is 0 Å². The third-order valence-corrected chi connectivity index (χ3v) is 4.31. The second-order valence-corrected chi connectivity index (χ2v) is 5.96. The van der Waals surface area contributed by atoms with Crippen LogP contribution in [-0.2, 0) is 6.18 Å². The second kappa shape index (κ2) is 7.26. The highest BCUT2D eigenvalue weighted by Gasteiger charge is 2.34. The van der Waals surface area contributed by atoms with Crippen molar-refractivity contribution in [3.63, 3.8) is 0 Å². The quantitative estimate of drug-likeness (QED) is 0.655. The maximum absolute atomic E-state index is 13.3. The molecule has 0 spiro atoms. The largest absolute Gasteiger partial charge is 0.418 e. The third kappa shape index (κ3) is 3.58. The molecule has 0 atom stereocenters. The van der Waals surface area contributed by atoms with E-state index in [0.717, 1.165) is 10.7 Å². The molecule has 0 N–H and O–H groups in total. The molecule has 1 aromatic heterocycles. The first kappa shape index (κ1) is 18.7. The van der Waals surface area contributed by atoms with Crippen LogP contribution in [0.3, 0.4) is 0 Å². The number of anilines is 1. The number of nitrogens with zero attached hydrogens (tertiary/aromatic N) is 3. The molecule has 1 heterocycles. The van der Waals surface area contributed by atoms with Gasteiger partial charge in [0.2, 0.25) is 0 Å². The average molecular weight is 373 g/mol. The van der Waals surface area contributed by atoms with Gasteiger partial charge in [-0.1, -0.05) is 30.3 Å². The number of para-hydroxylation sites is 2. The highest BCUT2D eigenvalue weighted by atomic mass is 19.4. The summed E-state index contributed by atoms with van der Waals surface area (Å²) in [6.45, 7) is 3.85. The Morgan fingerprint density at radius 2 is 1.70 bits per heavy atom. The minimum absolute atomic E-state index is 0.107. The van der Waals surface area contributed by atoms with Crippen LogP contribution < -0.4 is 4.90 Å². The Morgan fingerprint density at radius 1 is 1.07 bits per heavy atom. The maximum Gasteiger partial charge on any atom is 0.418 e. The summed E-state index contributed by atoms with van der Waals surface area (Å²) in [5, 5.41) is 4.06. The third-order valence-electron chi connectivity index (χ3n) is 4.31. The molecular formula is C20H18F3N3O. The summed E-state index contributed by atoms with van der Waals surface area (Å²) in [6, 6.07) is 14.3. The van der Waals surface area contributed by atoms with Crippen LogP contribution in [0, 0.1) is 6.92 Å². The van der Waals surface area contributed by atoms with Crippen molar-refractivity contribution in [3.8, 4) is 5.69 Å². The van der Waals surface area contributed by atoms with Gasteiger partial charge in [-0.15, -0.1) is 0 Å². The summed E-state index contributed by atoms with van der Waals surface area (Å²) in [5.41, 5.74) is 0.423. The van der Waals surface area contributed by atoms with Crippen LogP contribution in [0.4, 0.5) is 18.9 Å². The Morgan fingerprint density at radius 3 is 2.33 bits per heavy atom. The fraction of sp³-hybridized carbons (Fsp3) is 0.200. The van der Waals surface area contributed by atoms with Crippen LogP contribution in [0.1, 0.15) is 28.5 Å². The zero-order chi connectivity index (χ0) is 19.6. The van der Waals surface area contributed by atoms with E-state index in [9.17, 15) is 18.0 Å². The van der Waals surface area contributed by atoms with Gasteiger partial charge in [0.05, 0.1) is 28.7 Å². The first-order valence-corrected chi connectivity index (χ1v) is 8.42. The van der Waals surface area contributed by atoms with Crippen LogP contribution >= 0.6 is 0 Å². The zero-order valence-corrected chi connectivity index (χ0v) is 14.9. The number of hydrogen-bond donors (Lipinski definition) is 0. The van der Waals surface area contributed by atoms with Crippen molar-refractivity contribution >= 4 is 11.6 Å². The first-order chi connectivity index (χ1) is 12.8. The van der Waals surface area contributed by atoms with E-state index in [-0.39, 0.29) is 17.2 Å². The summed E-state index contributed by atoms with van der Waals surface area (Å²) in [5.74, 6) is -0.308. The lowest BCUT2D eigenvalue weighted by Gasteiger charge is -2.21. The molecule has 27 heavy (non-hydrogen) atoms. The van der Waals surface area contributed by atoms with Crippen molar-refractivity contribution in [3.05, 3.63) is 77.6 Å². The number of halogens is 3. The SMILES string of the molecule is CCN(C(=O)c1cnn(-c2ccccc2C(F)(F)F)c1C)c1ccccc1. The van der Waals surface area contributed by atoms with E-state index < -0.39 is 11.7 Å². The lowest BCUT2D eigenvalue weighted by atomic mass is 10.1. The molecule has 1 amide bonds. The van der Waals surface area contributed by atoms with Crippen molar-refractivity contribution in [1.29, 1.82) is 0 Å². The molecule has 3 aromatic rings. The number of aromatic nitrogens is 2. The van der Waals surface area contributed by atoms with Gasteiger partial charge in [0.25, 0.3) is 5.91 Å². The van der Waals surface area contributed by atoms with Gasteiger partial charge in [-0.05, 0) is 38.1 Å². The summed E-state index contributed by atoms with van der Waals surface area (Å²) in [6.07, 6.45) is -3.20. The number of rotatable bonds is 4. The molecule has 7 heteroatoms. The molecular weight excluding hydrogens is 355 g/mol. The predicted molar refractivity (Wildman–Crippen MR) is 97.1 cm³/mol. The van der Waals surface area contributed by atoms with Crippen molar-refractivity contribution in [2.24, 2.45) is 0 Å². The summed E-state index contributed by atoms with van der Waals surface area (Å²) in [7, 11) is 0. The monoisotopic (exact) mass is 373 g/mol. The fourth-order valence-corrected chi connectivity index (χ4v) is 2.96. The smallest absolute Gasteiger partial charge is 0.309 e. The lowest BCUT2D eigenvalue weighted by Crippen LogP contribution is -2.30. The molecule has 2 aromatic carbocycles. The fourth-order valence-electron chi connectivity index (χ4n) is 2.96. The predicted octanol–water partition coefficient (Wildman–Crippen LogP) is 4.87. The number of alkyl halides is 3. The topological polar surface area (TPSA) is 38.1 Å². The van der Waals surface area contributed by atoms with E-state index in [1.807, 2.05) is 25.1 Å². The van der Waals surface area contributed by atoms with Gasteiger partial charge in [0.15, 0.2) is 0 Å². The van der Waals surface area contributed by atoms with Gasteiger partial charge in [0.1, 0.15) is 0 Å². The zero-order valence-electron chi connectivity index (χ0n) is 14.9. The Balaban J connectivity index is 2.03. The number of hydrogen-bond acceptors (Lipinski definition) is 2. The highest BCUT2D eigenvalue weighted by molar-refractivity contribution is 6.06. The first-order valence-electron chi connectivity index (χ1n) is 8.42. The second-order valence-electron chi connectivity index (χ2n) is 5.96. The Labute approximate surface area is 154 Å². The van der Waals surface area contributed by atoms with Crippen molar-refractivity contribution in [2.45, 2.75) is 20.0 Å². The lowest BCUT2D eigenvalue weighted by molar-refractivity contribution is -0.137. The standard InChI is InChI=1S/C20H18F3N3O/c1-3-25(15-9-5-4-6-10-15)19(27)16-13-24-26(14(16)2)18-12-8-7-11-17(18)20(21,22)23/h4-13H,3H2,1-2H3. The minimum atomic E-state index is -4.52. The van der Waals surface area contributed by atoms with Gasteiger partial charge in [0, 0.05) is 12.2 Å². The molecule has 0 fully saturated rings. The van der Waals surface area contributed by atoms with Crippen LogP contribution in [0.25, 0.3) is 5.69 Å². The van der Waals surface area contributed by atoms with Gasteiger partial charge in [-0.25, -0.2) is 4.68 Å². The van der Waals surface area contributed by atoms with Gasteiger partial charge in [-0.2, -0.15) is 18.3 Å². The molecule has 140 valence electrons. The molecule has 0 bridgehead atoms. The van der Waals surface area contributed by atoms with Crippen molar-refractivity contribution < 1.29 is 18.0 Å². The van der Waals surface area contributed by atoms with Crippen LogP contribution in [0.15, 0.2) is 60.8 Å². The van der Waals surface area contributed by atoms with Crippen LogP contribution in [0.5, 0.6) is 0 Å². The van der Waals surface area contributed by atoms with E-state index in [2.05, 4.69) is 5.10 Å². The summed E-state index contributed by atoms with van der Waals surface area (Å²) >= 11 is 0. The Bertz CT molecular complexity index is 949. The molecule has 0 aliphatic heterocycles. The molecule has 0 aliphatic rings. The van der Waals surface area contributed by atoms with Crippen LogP contribution in [-0.4, -0.2) is 22.2 Å². The number of carbonyl (C=O) groups is 1. The van der Waals surface area contributed by atoms with Gasteiger partial charge in [-0.3, -0.25) is 4.79 Å². The van der Waals surface area contributed by atoms with Crippen molar-refractivity contribution in [1.82, 2.24) is 9.78 Å². The molecule has 4 nitrogen and oxygen atoms in total. The number of carbonyl (C=O) groups excluding carboxylic acids is 1. The molecule has 0 unspecified atom stereocenters. The molecule has 0 saturated heterocycles. The normalized spacial score (nSPS) is 11.4. The minimum Gasteiger partial charge on any atom is -0.309 e. The molecule has 0 radical (unpaired) electrons. The van der Waals surface area contributed by atoms with Crippen molar-refractivity contribution in [2.75, 3.05) is 11.4 Å². The maximum atomic E-state index is 13.3. The number of benzene rings is 2.